The molecule has 1 aromatic heterocycles. The Hall–Kier alpha value is -2.87. The number of aliphatic hydroxyl groups excluding tert-OH is 1. The summed E-state index contributed by atoms with van der Waals surface area (Å²) in [5.74, 6) is -0.895. The first-order chi connectivity index (χ1) is 15.3. The number of aliphatic hydroxyl groups is 1. The van der Waals surface area contributed by atoms with Crippen LogP contribution in [0.4, 0.5) is 4.39 Å². The van der Waals surface area contributed by atoms with Gasteiger partial charge in [0.15, 0.2) is 4.84 Å². The van der Waals surface area contributed by atoms with Crippen LogP contribution < -0.4 is 10.9 Å². The molecule has 3 aromatic rings. The average molecular weight is 479 g/mol. The van der Waals surface area contributed by atoms with E-state index in [0.717, 1.165) is 5.56 Å². The van der Waals surface area contributed by atoms with Crippen LogP contribution in [0.5, 0.6) is 5.88 Å². The summed E-state index contributed by atoms with van der Waals surface area (Å²) < 4.78 is 14.5. The fraction of sp³-hybridized carbons (Fsp3) is 0.217. The maximum Gasteiger partial charge on any atom is 0.254 e. The van der Waals surface area contributed by atoms with E-state index in [0.29, 0.717) is 16.3 Å². The number of benzene rings is 2. The van der Waals surface area contributed by atoms with Crippen molar-refractivity contribution in [3.63, 3.8) is 0 Å². The number of hydrogen-bond acceptors (Lipinski definition) is 4. The molecule has 0 saturated heterocycles. The van der Waals surface area contributed by atoms with Gasteiger partial charge in [-0.3, -0.25) is 14.2 Å². The molecule has 9 heteroatoms. The Morgan fingerprint density at radius 3 is 2.50 bits per heavy atom. The highest BCUT2D eigenvalue weighted by molar-refractivity contribution is 6.53. The van der Waals surface area contributed by atoms with Gasteiger partial charge in [-0.2, -0.15) is 0 Å². The minimum absolute atomic E-state index is 0.105. The molecule has 0 aliphatic rings. The van der Waals surface area contributed by atoms with Crippen LogP contribution in [-0.2, 0) is 11.3 Å². The van der Waals surface area contributed by atoms with Crippen molar-refractivity contribution in [3.8, 4) is 5.88 Å². The molecule has 1 heterocycles. The van der Waals surface area contributed by atoms with Crippen molar-refractivity contribution in [2.24, 2.45) is 0 Å². The zero-order valence-electron chi connectivity index (χ0n) is 16.8. The quantitative estimate of drug-likeness (QED) is 0.430. The summed E-state index contributed by atoms with van der Waals surface area (Å²) in [6.07, 6.45) is 2.17. The molecule has 3 N–H and O–H groups in total. The van der Waals surface area contributed by atoms with E-state index in [2.05, 4.69) is 5.32 Å². The lowest BCUT2D eigenvalue weighted by Gasteiger charge is -2.22. The number of fused-ring (bicyclic) bond motifs is 1. The van der Waals surface area contributed by atoms with Crippen molar-refractivity contribution in [3.05, 3.63) is 82.2 Å². The number of alkyl halides is 3. The second-order valence-electron chi connectivity index (χ2n) is 7.09. The summed E-state index contributed by atoms with van der Waals surface area (Å²) in [7, 11) is 0. The second kappa shape index (κ2) is 10.6. The number of rotatable bonds is 8. The smallest absolute Gasteiger partial charge is 0.254 e. The normalized spacial score (nSPS) is 13.5. The molecule has 2 atom stereocenters. The monoisotopic (exact) mass is 478 g/mol. The highest BCUT2D eigenvalue weighted by Gasteiger charge is 2.25. The van der Waals surface area contributed by atoms with Gasteiger partial charge in [0.05, 0.1) is 6.04 Å². The molecule has 2 unspecified atom stereocenters. The van der Waals surface area contributed by atoms with Gasteiger partial charge < -0.3 is 15.5 Å². The summed E-state index contributed by atoms with van der Waals surface area (Å²) >= 11 is 10.9. The second-order valence-corrected chi connectivity index (χ2v) is 8.18. The average Bonchev–Trinajstić information content (AvgIpc) is 2.79. The van der Waals surface area contributed by atoms with Crippen LogP contribution in [-0.4, -0.2) is 38.2 Å². The Bertz CT molecular complexity index is 1180. The molecule has 32 heavy (non-hydrogen) atoms. The summed E-state index contributed by atoms with van der Waals surface area (Å²) in [6.45, 7) is -0.840. The van der Waals surface area contributed by atoms with Crippen LogP contribution in [0, 0.1) is 0 Å². The summed E-state index contributed by atoms with van der Waals surface area (Å²) in [5.41, 5.74) is 0.839. The summed E-state index contributed by atoms with van der Waals surface area (Å²) in [4.78, 5) is 22.5. The molecule has 3 rings (SSSR count). The molecule has 168 valence electrons. The lowest BCUT2D eigenvalue weighted by atomic mass is 10.0. The topological polar surface area (TPSA) is 91.6 Å². The summed E-state index contributed by atoms with van der Waals surface area (Å²) in [6, 6.07) is 13.9. The van der Waals surface area contributed by atoms with Crippen molar-refractivity contribution in [1.29, 1.82) is 0 Å². The van der Waals surface area contributed by atoms with Gasteiger partial charge >= 0.3 is 0 Å². The number of aromatic nitrogens is 1. The van der Waals surface area contributed by atoms with Crippen molar-refractivity contribution in [2.75, 3.05) is 6.67 Å². The van der Waals surface area contributed by atoms with Gasteiger partial charge in [-0.15, -0.1) is 0 Å². The number of nitrogens with zero attached hydrogens (tertiary/aromatic N) is 1. The molecule has 0 spiro atoms. The van der Waals surface area contributed by atoms with E-state index >= 15 is 0 Å². The van der Waals surface area contributed by atoms with E-state index in [9.17, 15) is 24.2 Å². The minimum atomic E-state index is -1.36. The van der Waals surface area contributed by atoms with Gasteiger partial charge in [0, 0.05) is 18.0 Å². The van der Waals surface area contributed by atoms with E-state index < -0.39 is 29.6 Å². The number of carbonyl (C=O) groups is 1. The largest absolute Gasteiger partial charge is 0.494 e. The van der Waals surface area contributed by atoms with Gasteiger partial charge in [-0.1, -0.05) is 77.8 Å². The van der Waals surface area contributed by atoms with E-state index in [1.54, 1.807) is 60.7 Å². The number of aromatic hydroxyl groups is 1. The lowest BCUT2D eigenvalue weighted by molar-refractivity contribution is -0.121. The number of carbonyl (C=O) groups excluding carboxylic acids is 1. The molecule has 0 aliphatic carbocycles. The third kappa shape index (κ3) is 5.48. The number of amides is 1. The predicted octanol–water partition coefficient (Wildman–Crippen LogP) is 3.71. The Kier molecular flexibility index (Phi) is 7.90. The predicted molar refractivity (Wildman–Crippen MR) is 124 cm³/mol. The number of hydrogen-bond donors (Lipinski definition) is 3. The Morgan fingerprint density at radius 2 is 1.84 bits per heavy atom. The van der Waals surface area contributed by atoms with E-state index in [-0.39, 0.29) is 18.0 Å². The van der Waals surface area contributed by atoms with E-state index in [1.807, 2.05) is 0 Å². The maximum atomic E-state index is 13.3. The number of allylic oxidation sites excluding steroid dienone is 1. The van der Waals surface area contributed by atoms with Crippen LogP contribution in [0.3, 0.4) is 0 Å². The highest BCUT2D eigenvalue weighted by Crippen LogP contribution is 2.22. The molecular formula is C23H21Cl2FN2O4. The Balaban J connectivity index is 1.70. The summed E-state index contributed by atoms with van der Waals surface area (Å²) in [5, 5.41) is 24.3. The molecule has 1 amide bonds. The van der Waals surface area contributed by atoms with Gasteiger partial charge in [-0.05, 0) is 22.6 Å². The standard InChI is InChI=1S/C23H21Cl2FN2O4/c24-21(25)22(31)27-18(13-26)20(30)15-9-7-14(8-10-15)4-3-11-28-19(29)12-16-5-1-2-6-17(16)23(28)32/h1-10,12,18,20-21,30,32H,11,13H2,(H,27,31). The number of nitrogens with one attached hydrogen (secondary N) is 1. The Morgan fingerprint density at radius 1 is 1.16 bits per heavy atom. The van der Waals surface area contributed by atoms with Crippen LogP contribution in [0.2, 0.25) is 0 Å². The van der Waals surface area contributed by atoms with Crippen molar-refractivity contribution >= 4 is 46.0 Å². The Labute approximate surface area is 193 Å². The molecule has 6 nitrogen and oxygen atoms in total. The van der Waals surface area contributed by atoms with Gasteiger partial charge in [0.1, 0.15) is 12.8 Å². The fourth-order valence-corrected chi connectivity index (χ4v) is 3.37. The molecule has 0 fully saturated rings. The van der Waals surface area contributed by atoms with Crippen LogP contribution in [0.25, 0.3) is 16.8 Å². The fourth-order valence-electron chi connectivity index (χ4n) is 3.24. The van der Waals surface area contributed by atoms with Gasteiger partial charge in [0.25, 0.3) is 11.5 Å². The molecular weight excluding hydrogens is 458 g/mol. The highest BCUT2D eigenvalue weighted by atomic mass is 35.5. The zero-order valence-corrected chi connectivity index (χ0v) is 18.3. The van der Waals surface area contributed by atoms with Crippen LogP contribution in [0.15, 0.2) is 65.5 Å². The van der Waals surface area contributed by atoms with E-state index in [4.69, 9.17) is 23.2 Å². The third-order valence-electron chi connectivity index (χ3n) is 4.95. The number of pyridine rings is 1. The zero-order chi connectivity index (χ0) is 23.3. The van der Waals surface area contributed by atoms with Crippen molar-refractivity contribution in [1.82, 2.24) is 9.88 Å². The van der Waals surface area contributed by atoms with Gasteiger partial charge in [-0.25, -0.2) is 4.39 Å². The lowest BCUT2D eigenvalue weighted by Crippen LogP contribution is -2.43. The van der Waals surface area contributed by atoms with Gasteiger partial charge in [0.2, 0.25) is 5.88 Å². The first kappa shape index (κ1) is 23.8. The maximum absolute atomic E-state index is 13.3. The van der Waals surface area contributed by atoms with E-state index in [1.165, 1.54) is 10.6 Å². The minimum Gasteiger partial charge on any atom is -0.494 e. The van der Waals surface area contributed by atoms with Crippen LogP contribution in [0.1, 0.15) is 17.2 Å². The molecule has 0 saturated carbocycles. The van der Waals surface area contributed by atoms with Crippen molar-refractivity contribution in [2.45, 2.75) is 23.5 Å². The first-order valence-electron chi connectivity index (χ1n) is 9.72. The number of halogens is 3. The first-order valence-corrected chi connectivity index (χ1v) is 10.6. The third-order valence-corrected chi connectivity index (χ3v) is 5.35. The molecule has 0 bridgehead atoms. The van der Waals surface area contributed by atoms with Crippen molar-refractivity contribution < 1.29 is 19.4 Å². The molecule has 0 aliphatic heterocycles. The molecule has 2 aromatic carbocycles. The SMILES string of the molecule is O=C(NC(CF)C(O)c1ccc(C=CCn2c(O)c3ccccc3cc2=O)cc1)C(Cl)Cl. The van der Waals surface area contributed by atoms with Crippen LogP contribution >= 0.6 is 23.2 Å². The molecule has 0 radical (unpaired) electrons.